The van der Waals surface area contributed by atoms with Crippen molar-refractivity contribution in [2.24, 2.45) is 21.5 Å². The average molecular weight is 500 g/mol. The van der Waals surface area contributed by atoms with E-state index in [1.54, 1.807) is 14.1 Å². The Morgan fingerprint density at radius 1 is 0.750 bits per heavy atom. The van der Waals surface area contributed by atoms with E-state index in [2.05, 4.69) is 77.7 Å². The van der Waals surface area contributed by atoms with Gasteiger partial charge < -0.3 is 21.1 Å². The summed E-state index contributed by atoms with van der Waals surface area (Å²) in [5.74, 6) is 0.00122. The van der Waals surface area contributed by atoms with Crippen molar-refractivity contribution in [3.63, 3.8) is 0 Å². The van der Waals surface area contributed by atoms with Crippen molar-refractivity contribution in [1.29, 1.82) is 0 Å². The van der Waals surface area contributed by atoms with Crippen LogP contribution in [0.1, 0.15) is 71.1 Å². The Hall–Kier alpha value is -3.42. The number of ketones is 1. The SMILES string of the molecule is CC/C=C\C/C=C\C/C=C\C/C=C\C/C=C\CCCC(=O)CCCOC(=O)N=C(N)N=C(N)N(C)C. The summed E-state index contributed by atoms with van der Waals surface area (Å²) >= 11 is 0. The molecule has 0 aromatic carbocycles. The fraction of sp³-hybridized carbons (Fsp3) is 0.500. The maximum absolute atomic E-state index is 11.9. The minimum Gasteiger partial charge on any atom is -0.448 e. The molecule has 8 heteroatoms. The van der Waals surface area contributed by atoms with Crippen LogP contribution < -0.4 is 11.5 Å². The van der Waals surface area contributed by atoms with Crippen LogP contribution in [0.3, 0.4) is 0 Å². The van der Waals surface area contributed by atoms with Crippen molar-refractivity contribution >= 4 is 23.8 Å². The smallest absolute Gasteiger partial charge is 0.436 e. The normalized spacial score (nSPS) is 13.2. The monoisotopic (exact) mass is 499 g/mol. The molecule has 0 spiro atoms. The number of allylic oxidation sites excluding steroid dienone is 10. The predicted molar refractivity (Wildman–Crippen MR) is 151 cm³/mol. The number of nitrogens with two attached hydrogens (primary N) is 2. The summed E-state index contributed by atoms with van der Waals surface area (Å²) in [6.45, 7) is 2.24. The van der Waals surface area contributed by atoms with Gasteiger partial charge in [0.05, 0.1) is 6.61 Å². The highest BCUT2D eigenvalue weighted by molar-refractivity contribution is 5.97. The highest BCUT2D eigenvalue weighted by Crippen LogP contribution is 2.04. The number of ether oxygens (including phenoxy) is 1. The molecule has 0 aliphatic carbocycles. The fourth-order valence-corrected chi connectivity index (χ4v) is 2.71. The van der Waals surface area contributed by atoms with E-state index in [9.17, 15) is 9.59 Å². The number of Topliss-reactive ketones (excluding diaryl/α,β-unsaturated/α-hetero) is 1. The van der Waals surface area contributed by atoms with Crippen molar-refractivity contribution in [3.05, 3.63) is 60.8 Å². The molecule has 0 aromatic rings. The number of unbranched alkanes of at least 4 members (excludes halogenated alkanes) is 1. The van der Waals surface area contributed by atoms with Crippen LogP contribution in [-0.4, -0.2) is 49.4 Å². The molecule has 0 rings (SSSR count). The highest BCUT2D eigenvalue weighted by Gasteiger charge is 2.05. The first-order chi connectivity index (χ1) is 17.4. The average Bonchev–Trinajstić information content (AvgIpc) is 2.83. The molecule has 0 aromatic heterocycles. The van der Waals surface area contributed by atoms with Gasteiger partial charge in [-0.2, -0.15) is 4.99 Å². The van der Waals surface area contributed by atoms with Gasteiger partial charge in [0.25, 0.3) is 0 Å². The summed E-state index contributed by atoms with van der Waals surface area (Å²) in [6.07, 6.45) is 28.8. The van der Waals surface area contributed by atoms with E-state index in [1.807, 2.05) is 0 Å². The number of nitrogens with zero attached hydrogens (tertiary/aromatic N) is 3. The number of rotatable bonds is 17. The number of carbonyl (C=O) groups excluding carboxylic acids is 2. The molecular formula is C28H45N5O3. The Labute approximate surface area is 217 Å². The first-order valence-corrected chi connectivity index (χ1v) is 12.7. The van der Waals surface area contributed by atoms with Crippen molar-refractivity contribution < 1.29 is 14.3 Å². The molecule has 8 nitrogen and oxygen atoms in total. The van der Waals surface area contributed by atoms with Gasteiger partial charge in [0, 0.05) is 26.9 Å². The van der Waals surface area contributed by atoms with Gasteiger partial charge in [-0.05, 0) is 51.4 Å². The Bertz CT molecular complexity index is 821. The van der Waals surface area contributed by atoms with Gasteiger partial charge in [0.1, 0.15) is 5.78 Å². The van der Waals surface area contributed by atoms with Gasteiger partial charge in [-0.1, -0.05) is 67.7 Å². The standard InChI is InChI=1S/C28H45N5O3/c1-4-5-6-7-8-9-10-11-12-13-14-15-16-17-18-19-20-22-25(34)23-21-24-36-28(35)32-26(29)31-27(30)33(2)3/h5-6,8-9,11-12,14-15,17-18H,4,7,10,13,16,19-24H2,1-3H3,(H4,29,30,31,32,35)/b6-5-,9-8-,12-11-,15-14-,18-17-. The molecule has 0 saturated heterocycles. The number of hydrogen-bond acceptors (Lipinski definition) is 3. The van der Waals surface area contributed by atoms with Crippen LogP contribution in [0.4, 0.5) is 4.79 Å². The molecule has 0 heterocycles. The number of hydrogen-bond donors (Lipinski definition) is 2. The number of carbonyl (C=O) groups is 2. The van der Waals surface area contributed by atoms with E-state index in [0.29, 0.717) is 19.3 Å². The second kappa shape index (κ2) is 23.3. The van der Waals surface area contributed by atoms with Gasteiger partial charge in [-0.3, -0.25) is 4.79 Å². The van der Waals surface area contributed by atoms with Gasteiger partial charge in [-0.25, -0.2) is 4.79 Å². The van der Waals surface area contributed by atoms with Crippen LogP contribution in [0.15, 0.2) is 70.7 Å². The summed E-state index contributed by atoms with van der Waals surface area (Å²) in [4.78, 5) is 32.3. The molecule has 0 radical (unpaired) electrons. The summed E-state index contributed by atoms with van der Waals surface area (Å²) in [5, 5.41) is 0. The van der Waals surface area contributed by atoms with Gasteiger partial charge >= 0.3 is 6.09 Å². The molecule has 0 bridgehead atoms. The minimum absolute atomic E-state index is 0.100. The predicted octanol–water partition coefficient (Wildman–Crippen LogP) is 5.59. The molecule has 36 heavy (non-hydrogen) atoms. The van der Waals surface area contributed by atoms with Crippen molar-refractivity contribution in [2.75, 3.05) is 20.7 Å². The molecule has 0 aliphatic heterocycles. The van der Waals surface area contributed by atoms with Crippen molar-refractivity contribution in [3.8, 4) is 0 Å². The minimum atomic E-state index is -0.853. The van der Waals surface area contributed by atoms with Gasteiger partial charge in [0.15, 0.2) is 5.96 Å². The molecule has 0 fully saturated rings. The van der Waals surface area contributed by atoms with Gasteiger partial charge in [-0.15, -0.1) is 4.99 Å². The second-order valence-electron chi connectivity index (χ2n) is 8.19. The summed E-state index contributed by atoms with van der Waals surface area (Å²) in [7, 11) is 3.37. The van der Waals surface area contributed by atoms with Crippen LogP contribution in [0, 0.1) is 0 Å². The zero-order valence-electron chi connectivity index (χ0n) is 22.3. The van der Waals surface area contributed by atoms with Crippen LogP contribution in [0.25, 0.3) is 0 Å². The molecule has 0 aliphatic rings. The van der Waals surface area contributed by atoms with E-state index in [-0.39, 0.29) is 24.3 Å². The fourth-order valence-electron chi connectivity index (χ4n) is 2.71. The van der Waals surface area contributed by atoms with E-state index >= 15 is 0 Å². The van der Waals surface area contributed by atoms with Crippen LogP contribution in [0.5, 0.6) is 0 Å². The topological polar surface area (TPSA) is 123 Å². The van der Waals surface area contributed by atoms with E-state index in [4.69, 9.17) is 16.2 Å². The molecule has 1 amide bonds. The van der Waals surface area contributed by atoms with E-state index in [0.717, 1.165) is 44.9 Å². The lowest BCUT2D eigenvalue weighted by Gasteiger charge is -2.09. The third kappa shape index (κ3) is 22.4. The van der Waals surface area contributed by atoms with Crippen molar-refractivity contribution in [2.45, 2.75) is 71.1 Å². The van der Waals surface area contributed by atoms with E-state index < -0.39 is 6.09 Å². The third-order valence-electron chi connectivity index (χ3n) is 4.70. The van der Waals surface area contributed by atoms with Crippen LogP contribution in [0.2, 0.25) is 0 Å². The van der Waals surface area contributed by atoms with Crippen LogP contribution in [-0.2, 0) is 9.53 Å². The zero-order chi connectivity index (χ0) is 26.9. The van der Waals surface area contributed by atoms with Gasteiger partial charge in [0.2, 0.25) is 5.96 Å². The molecule has 4 N–H and O–H groups in total. The van der Waals surface area contributed by atoms with Crippen LogP contribution >= 0.6 is 0 Å². The Kier molecular flexibility index (Phi) is 21.1. The zero-order valence-corrected chi connectivity index (χ0v) is 22.3. The maximum Gasteiger partial charge on any atom is 0.436 e. The van der Waals surface area contributed by atoms with Crippen molar-refractivity contribution in [1.82, 2.24) is 4.90 Å². The van der Waals surface area contributed by atoms with E-state index in [1.165, 1.54) is 4.90 Å². The largest absolute Gasteiger partial charge is 0.448 e. The Balaban J connectivity index is 3.76. The summed E-state index contributed by atoms with van der Waals surface area (Å²) in [5.41, 5.74) is 11.1. The molecule has 0 atom stereocenters. The first kappa shape index (κ1) is 32.6. The molecule has 0 saturated carbocycles. The Morgan fingerprint density at radius 2 is 1.25 bits per heavy atom. The number of aliphatic imine (C=N–C) groups is 2. The quantitative estimate of drug-likeness (QED) is 0.116. The highest BCUT2D eigenvalue weighted by atomic mass is 16.5. The lowest BCUT2D eigenvalue weighted by Crippen LogP contribution is -2.32. The first-order valence-electron chi connectivity index (χ1n) is 12.7. The maximum atomic E-state index is 11.9. The lowest BCUT2D eigenvalue weighted by molar-refractivity contribution is -0.119. The molecular weight excluding hydrogens is 454 g/mol. The Morgan fingerprint density at radius 3 is 1.78 bits per heavy atom. The second-order valence-corrected chi connectivity index (χ2v) is 8.19. The molecule has 0 unspecified atom stereocenters. The summed E-state index contributed by atoms with van der Waals surface area (Å²) in [6, 6.07) is 0. The summed E-state index contributed by atoms with van der Waals surface area (Å²) < 4.78 is 4.93. The third-order valence-corrected chi connectivity index (χ3v) is 4.70. The molecule has 200 valence electrons. The lowest BCUT2D eigenvalue weighted by atomic mass is 10.1. The number of amides is 1. The number of guanidine groups is 2.